The first-order valence-electron chi connectivity index (χ1n) is 9.61. The minimum atomic E-state index is -3.81. The summed E-state index contributed by atoms with van der Waals surface area (Å²) in [4.78, 5) is 4.79. The predicted octanol–water partition coefficient (Wildman–Crippen LogP) is 5.35. The molecule has 3 aromatic carbocycles. The zero-order valence-electron chi connectivity index (χ0n) is 16.8. The molecule has 0 radical (unpaired) electrons. The molecule has 1 aromatic heterocycles. The van der Waals surface area contributed by atoms with Gasteiger partial charge in [-0.25, -0.2) is 18.1 Å². The van der Waals surface area contributed by atoms with Gasteiger partial charge < -0.3 is 4.42 Å². The molecule has 0 saturated carbocycles. The summed E-state index contributed by atoms with van der Waals surface area (Å²) in [6.45, 7) is 4.04. The molecule has 0 unspecified atom stereocenters. The molecule has 0 aliphatic carbocycles. The van der Waals surface area contributed by atoms with Gasteiger partial charge in [0.1, 0.15) is 5.69 Å². The molecule has 4 rings (SSSR count). The standard InChI is InChI=1S/C24H22N2O3S/c1-17-13-14-20(15-18(17)2)23-24(26-30(27,28)21-11-7-4-8-12-21)29-22(25-23)16-19-9-5-3-6-10-19/h3-15,26H,16H2,1-2H3. The van der Waals surface area contributed by atoms with E-state index in [4.69, 9.17) is 4.42 Å². The summed E-state index contributed by atoms with van der Waals surface area (Å²) in [6.07, 6.45) is 0.464. The SMILES string of the molecule is Cc1ccc(-c2nc(Cc3ccccc3)oc2NS(=O)(=O)c2ccccc2)cc1C. The Kier molecular flexibility index (Phi) is 5.42. The Bertz CT molecular complexity index is 1260. The molecule has 152 valence electrons. The van der Waals surface area contributed by atoms with Gasteiger partial charge in [-0.15, -0.1) is 0 Å². The van der Waals surface area contributed by atoms with Gasteiger partial charge in [0.05, 0.1) is 4.90 Å². The van der Waals surface area contributed by atoms with Gasteiger partial charge in [0, 0.05) is 12.0 Å². The van der Waals surface area contributed by atoms with Crippen LogP contribution in [0.2, 0.25) is 0 Å². The van der Waals surface area contributed by atoms with Gasteiger partial charge in [-0.05, 0) is 48.7 Å². The molecular formula is C24H22N2O3S. The van der Waals surface area contributed by atoms with E-state index in [0.717, 1.165) is 22.3 Å². The van der Waals surface area contributed by atoms with Crippen LogP contribution in [0.15, 0.2) is 88.2 Å². The fourth-order valence-electron chi connectivity index (χ4n) is 3.14. The molecule has 0 aliphatic heterocycles. The van der Waals surface area contributed by atoms with Crippen molar-refractivity contribution in [3.63, 3.8) is 0 Å². The van der Waals surface area contributed by atoms with Crippen LogP contribution in [0.3, 0.4) is 0 Å². The minimum Gasteiger partial charge on any atom is -0.423 e. The summed E-state index contributed by atoms with van der Waals surface area (Å²) < 4.78 is 34.2. The molecule has 0 bridgehead atoms. The highest BCUT2D eigenvalue weighted by molar-refractivity contribution is 7.92. The molecule has 0 amide bonds. The lowest BCUT2D eigenvalue weighted by Gasteiger charge is -2.08. The predicted molar refractivity (Wildman–Crippen MR) is 118 cm³/mol. The van der Waals surface area contributed by atoms with E-state index in [1.807, 2.05) is 62.4 Å². The summed E-state index contributed by atoms with van der Waals surface area (Å²) in [5, 5.41) is 0. The van der Waals surface area contributed by atoms with Crippen molar-refractivity contribution in [2.24, 2.45) is 0 Å². The summed E-state index contributed by atoms with van der Waals surface area (Å²) >= 11 is 0. The van der Waals surface area contributed by atoms with Crippen LogP contribution in [-0.2, 0) is 16.4 Å². The minimum absolute atomic E-state index is 0.119. The summed E-state index contributed by atoms with van der Waals surface area (Å²) in [7, 11) is -3.81. The highest BCUT2D eigenvalue weighted by Gasteiger charge is 2.22. The van der Waals surface area contributed by atoms with Gasteiger partial charge in [0.2, 0.25) is 11.8 Å². The van der Waals surface area contributed by atoms with Crippen molar-refractivity contribution in [3.05, 3.63) is 101 Å². The van der Waals surface area contributed by atoms with Crippen LogP contribution in [-0.4, -0.2) is 13.4 Å². The quantitative estimate of drug-likeness (QED) is 0.458. The molecule has 0 spiro atoms. The molecule has 0 aliphatic rings. The maximum atomic E-state index is 12.9. The number of oxazole rings is 1. The maximum Gasteiger partial charge on any atom is 0.264 e. The van der Waals surface area contributed by atoms with E-state index >= 15 is 0 Å². The third-order valence-corrected chi connectivity index (χ3v) is 6.28. The third kappa shape index (κ3) is 4.28. The number of benzene rings is 3. The van der Waals surface area contributed by atoms with Crippen molar-refractivity contribution in [2.45, 2.75) is 25.2 Å². The number of aryl methyl sites for hydroxylation is 2. The van der Waals surface area contributed by atoms with E-state index in [0.29, 0.717) is 18.0 Å². The third-order valence-electron chi connectivity index (χ3n) is 4.93. The monoisotopic (exact) mass is 418 g/mol. The molecule has 1 heterocycles. The lowest BCUT2D eigenvalue weighted by atomic mass is 10.0. The second kappa shape index (κ2) is 8.16. The molecule has 4 aromatic rings. The van der Waals surface area contributed by atoms with E-state index in [1.165, 1.54) is 0 Å². The van der Waals surface area contributed by atoms with E-state index < -0.39 is 10.0 Å². The van der Waals surface area contributed by atoms with Gasteiger partial charge in [-0.1, -0.05) is 60.7 Å². The fraction of sp³-hybridized carbons (Fsp3) is 0.125. The molecule has 30 heavy (non-hydrogen) atoms. The van der Waals surface area contributed by atoms with E-state index in [2.05, 4.69) is 9.71 Å². The zero-order chi connectivity index (χ0) is 21.1. The highest BCUT2D eigenvalue weighted by Crippen LogP contribution is 2.32. The molecule has 0 saturated heterocycles. The van der Waals surface area contributed by atoms with Crippen LogP contribution in [0.5, 0.6) is 0 Å². The average molecular weight is 419 g/mol. The van der Waals surface area contributed by atoms with Crippen LogP contribution in [0.25, 0.3) is 11.3 Å². The van der Waals surface area contributed by atoms with Crippen LogP contribution >= 0.6 is 0 Å². The number of nitrogens with zero attached hydrogens (tertiary/aromatic N) is 1. The largest absolute Gasteiger partial charge is 0.423 e. The smallest absolute Gasteiger partial charge is 0.264 e. The zero-order valence-corrected chi connectivity index (χ0v) is 17.6. The van der Waals surface area contributed by atoms with Gasteiger partial charge in [-0.2, -0.15) is 0 Å². The van der Waals surface area contributed by atoms with Crippen LogP contribution in [0.1, 0.15) is 22.6 Å². The van der Waals surface area contributed by atoms with Crippen molar-refractivity contribution in [2.75, 3.05) is 4.72 Å². The summed E-state index contributed by atoms with van der Waals surface area (Å²) in [6, 6.07) is 23.9. The van der Waals surface area contributed by atoms with Crippen LogP contribution in [0.4, 0.5) is 5.88 Å². The van der Waals surface area contributed by atoms with E-state index in [1.54, 1.807) is 30.3 Å². The second-order valence-corrected chi connectivity index (χ2v) is 8.85. The normalized spacial score (nSPS) is 11.4. The first-order valence-corrected chi connectivity index (χ1v) is 11.1. The Morgan fingerprint density at radius 2 is 1.53 bits per heavy atom. The Labute approximate surface area is 176 Å². The Morgan fingerprint density at radius 3 is 2.20 bits per heavy atom. The lowest BCUT2D eigenvalue weighted by Crippen LogP contribution is -2.12. The number of hydrogen-bond acceptors (Lipinski definition) is 4. The van der Waals surface area contributed by atoms with E-state index in [-0.39, 0.29) is 10.8 Å². The number of sulfonamides is 1. The van der Waals surface area contributed by atoms with Crippen molar-refractivity contribution < 1.29 is 12.8 Å². The highest BCUT2D eigenvalue weighted by atomic mass is 32.2. The number of aromatic nitrogens is 1. The number of hydrogen-bond donors (Lipinski definition) is 1. The Hall–Kier alpha value is -3.38. The van der Waals surface area contributed by atoms with Crippen molar-refractivity contribution in [1.82, 2.24) is 4.98 Å². The second-order valence-electron chi connectivity index (χ2n) is 7.17. The summed E-state index contributed by atoms with van der Waals surface area (Å²) in [5.41, 5.74) is 4.55. The lowest BCUT2D eigenvalue weighted by molar-refractivity contribution is 0.521. The van der Waals surface area contributed by atoms with E-state index in [9.17, 15) is 8.42 Å². The van der Waals surface area contributed by atoms with Crippen LogP contribution in [0, 0.1) is 13.8 Å². The Balaban J connectivity index is 1.76. The van der Waals surface area contributed by atoms with Gasteiger partial charge in [0.15, 0.2) is 0 Å². The molecular weight excluding hydrogens is 396 g/mol. The first-order chi connectivity index (χ1) is 14.4. The number of anilines is 1. The molecule has 6 heteroatoms. The van der Waals surface area contributed by atoms with Gasteiger partial charge in [-0.3, -0.25) is 0 Å². The fourth-order valence-corrected chi connectivity index (χ4v) is 4.16. The van der Waals surface area contributed by atoms with Crippen molar-refractivity contribution in [3.8, 4) is 11.3 Å². The van der Waals surface area contributed by atoms with Gasteiger partial charge >= 0.3 is 0 Å². The van der Waals surface area contributed by atoms with Gasteiger partial charge in [0.25, 0.3) is 10.0 Å². The topological polar surface area (TPSA) is 72.2 Å². The maximum absolute atomic E-state index is 12.9. The van der Waals surface area contributed by atoms with Crippen LogP contribution < -0.4 is 4.72 Å². The first kappa shape index (κ1) is 19.9. The Morgan fingerprint density at radius 1 is 0.867 bits per heavy atom. The van der Waals surface area contributed by atoms with Crippen molar-refractivity contribution >= 4 is 15.9 Å². The molecule has 5 nitrogen and oxygen atoms in total. The van der Waals surface area contributed by atoms with Crippen molar-refractivity contribution in [1.29, 1.82) is 0 Å². The molecule has 0 fully saturated rings. The number of nitrogens with one attached hydrogen (secondary N) is 1. The summed E-state index contributed by atoms with van der Waals surface area (Å²) in [5.74, 6) is 0.563. The number of rotatable bonds is 6. The molecule has 1 N–H and O–H groups in total. The molecule has 0 atom stereocenters. The average Bonchev–Trinajstić information content (AvgIpc) is 3.13.